The second-order valence-corrected chi connectivity index (χ2v) is 6.18. The molecule has 1 aliphatic rings. The van der Waals surface area contributed by atoms with Crippen molar-refractivity contribution in [1.29, 1.82) is 0 Å². The third kappa shape index (κ3) is 3.72. The normalized spacial score (nSPS) is 20.5. The lowest BCUT2D eigenvalue weighted by Crippen LogP contribution is -2.26. The van der Waals surface area contributed by atoms with Gasteiger partial charge in [0.05, 0.1) is 19.8 Å². The molecule has 0 radical (unpaired) electrons. The number of aromatic nitrogens is 4. The largest absolute Gasteiger partial charge is 0.480 e. The molecule has 0 spiro atoms. The summed E-state index contributed by atoms with van der Waals surface area (Å²) in [5, 5.41) is 3.42. The summed E-state index contributed by atoms with van der Waals surface area (Å²) in [6, 6.07) is 0.754. The molecule has 24 heavy (non-hydrogen) atoms. The van der Waals surface area contributed by atoms with Gasteiger partial charge in [-0.15, -0.1) is 0 Å². The minimum Gasteiger partial charge on any atom is -0.480 e. The number of nitrogens with zero attached hydrogens (tertiary/aromatic N) is 4. The van der Waals surface area contributed by atoms with Crippen molar-refractivity contribution in [2.24, 2.45) is 5.92 Å². The summed E-state index contributed by atoms with van der Waals surface area (Å²) < 4.78 is 10.4. The molecular weight excluding hydrogens is 306 g/mol. The van der Waals surface area contributed by atoms with E-state index in [2.05, 4.69) is 32.2 Å². The zero-order valence-corrected chi connectivity index (χ0v) is 14.3. The molecule has 0 aliphatic heterocycles. The van der Waals surface area contributed by atoms with Crippen molar-refractivity contribution < 1.29 is 9.47 Å². The van der Waals surface area contributed by atoms with E-state index in [4.69, 9.17) is 9.47 Å². The van der Waals surface area contributed by atoms with Gasteiger partial charge in [-0.05, 0) is 31.6 Å². The first-order valence-electron chi connectivity index (χ1n) is 8.23. The fourth-order valence-electron chi connectivity index (χ4n) is 2.94. The monoisotopic (exact) mass is 329 g/mol. The van der Waals surface area contributed by atoms with Gasteiger partial charge in [-0.25, -0.2) is 15.0 Å². The minimum absolute atomic E-state index is 0.323. The van der Waals surface area contributed by atoms with Crippen LogP contribution < -0.4 is 14.8 Å². The maximum absolute atomic E-state index is 5.43. The third-order valence-corrected chi connectivity index (χ3v) is 4.42. The van der Waals surface area contributed by atoms with Gasteiger partial charge in [0, 0.05) is 30.2 Å². The molecule has 0 unspecified atom stereocenters. The van der Waals surface area contributed by atoms with Crippen molar-refractivity contribution in [2.45, 2.75) is 38.6 Å². The Balaban J connectivity index is 1.77. The van der Waals surface area contributed by atoms with E-state index in [1.54, 1.807) is 25.7 Å². The van der Waals surface area contributed by atoms with Crippen molar-refractivity contribution in [1.82, 2.24) is 19.9 Å². The molecule has 7 nitrogen and oxygen atoms in total. The number of ether oxygens (including phenoxy) is 2. The van der Waals surface area contributed by atoms with Gasteiger partial charge in [-0.3, -0.25) is 0 Å². The average Bonchev–Trinajstić information content (AvgIpc) is 2.63. The van der Waals surface area contributed by atoms with E-state index in [0.29, 0.717) is 23.9 Å². The summed E-state index contributed by atoms with van der Waals surface area (Å²) in [6.45, 7) is 2.31. The van der Waals surface area contributed by atoms with Gasteiger partial charge in [0.1, 0.15) is 0 Å². The number of nitrogens with one attached hydrogen (secondary N) is 1. The van der Waals surface area contributed by atoms with Crippen molar-refractivity contribution in [2.75, 3.05) is 19.5 Å². The highest BCUT2D eigenvalue weighted by Gasteiger charge is 2.19. The van der Waals surface area contributed by atoms with Crippen molar-refractivity contribution in [3.63, 3.8) is 0 Å². The van der Waals surface area contributed by atoms with Crippen LogP contribution >= 0.6 is 0 Å². The van der Waals surface area contributed by atoms with Crippen molar-refractivity contribution >= 4 is 5.95 Å². The fourth-order valence-corrected chi connectivity index (χ4v) is 2.94. The number of anilines is 1. The highest BCUT2D eigenvalue weighted by molar-refractivity contribution is 5.67. The first-order chi connectivity index (χ1) is 11.7. The Labute approximate surface area is 141 Å². The molecule has 1 fully saturated rings. The first-order valence-corrected chi connectivity index (χ1v) is 8.23. The predicted molar refractivity (Wildman–Crippen MR) is 91.2 cm³/mol. The van der Waals surface area contributed by atoms with Crippen molar-refractivity contribution in [3.05, 3.63) is 18.6 Å². The molecule has 1 N–H and O–H groups in total. The standard InChI is InChI=1S/C17H23N5O2/c1-11-4-6-13(7-5-11)21-16-18-10-14(15(22-16)23-2)12-8-19-17(24-3)20-9-12/h8-11,13H,4-7H2,1-3H3,(H,18,21,22). The third-order valence-electron chi connectivity index (χ3n) is 4.42. The lowest BCUT2D eigenvalue weighted by Gasteiger charge is -2.27. The molecule has 0 bridgehead atoms. The molecular formula is C17H23N5O2. The maximum Gasteiger partial charge on any atom is 0.316 e. The van der Waals surface area contributed by atoms with Crippen LogP contribution in [0.2, 0.25) is 0 Å². The van der Waals surface area contributed by atoms with Gasteiger partial charge in [-0.2, -0.15) is 4.98 Å². The molecule has 2 aromatic heterocycles. The van der Waals surface area contributed by atoms with E-state index in [1.807, 2.05) is 0 Å². The highest BCUT2D eigenvalue weighted by atomic mass is 16.5. The van der Waals surface area contributed by atoms with Crippen LogP contribution in [-0.2, 0) is 0 Å². The van der Waals surface area contributed by atoms with Crippen LogP contribution in [0.1, 0.15) is 32.6 Å². The summed E-state index contributed by atoms with van der Waals surface area (Å²) in [5.41, 5.74) is 1.54. The molecule has 2 heterocycles. The number of methoxy groups -OCH3 is 2. The molecule has 2 aromatic rings. The molecule has 1 saturated carbocycles. The number of hydrogen-bond acceptors (Lipinski definition) is 7. The van der Waals surface area contributed by atoms with Crippen LogP contribution in [0.5, 0.6) is 11.9 Å². The van der Waals surface area contributed by atoms with E-state index in [9.17, 15) is 0 Å². The summed E-state index contributed by atoms with van der Waals surface area (Å²) in [5.74, 6) is 1.92. The average molecular weight is 329 g/mol. The SMILES string of the molecule is COc1ncc(-c2cnc(NC3CCC(C)CC3)nc2OC)cn1. The van der Waals surface area contributed by atoms with E-state index in [1.165, 1.54) is 20.0 Å². The van der Waals surface area contributed by atoms with Gasteiger partial charge >= 0.3 is 6.01 Å². The van der Waals surface area contributed by atoms with E-state index < -0.39 is 0 Å². The molecule has 0 atom stereocenters. The Morgan fingerprint density at radius 3 is 2.29 bits per heavy atom. The lowest BCUT2D eigenvalue weighted by molar-refractivity contribution is 0.359. The molecule has 0 aromatic carbocycles. The van der Waals surface area contributed by atoms with Gasteiger partial charge in [-0.1, -0.05) is 6.92 Å². The second-order valence-electron chi connectivity index (χ2n) is 6.18. The first kappa shape index (κ1) is 16.4. The highest BCUT2D eigenvalue weighted by Crippen LogP contribution is 2.29. The predicted octanol–water partition coefficient (Wildman–Crippen LogP) is 2.94. The Morgan fingerprint density at radius 1 is 0.958 bits per heavy atom. The molecule has 128 valence electrons. The minimum atomic E-state index is 0.323. The zero-order valence-electron chi connectivity index (χ0n) is 14.3. The van der Waals surface area contributed by atoms with Gasteiger partial charge in [0.2, 0.25) is 11.8 Å². The van der Waals surface area contributed by atoms with Crippen molar-refractivity contribution in [3.8, 4) is 23.0 Å². The molecule has 3 rings (SSSR count). The quantitative estimate of drug-likeness (QED) is 0.903. The maximum atomic E-state index is 5.43. The van der Waals surface area contributed by atoms with Crippen LogP contribution in [0.4, 0.5) is 5.95 Å². The van der Waals surface area contributed by atoms with Crippen LogP contribution in [0.25, 0.3) is 11.1 Å². The topological polar surface area (TPSA) is 82.1 Å². The van der Waals surface area contributed by atoms with Gasteiger partial charge in [0.15, 0.2) is 0 Å². The molecule has 7 heteroatoms. The molecule has 0 saturated heterocycles. The van der Waals surface area contributed by atoms with E-state index >= 15 is 0 Å². The van der Waals surface area contributed by atoms with Gasteiger partial charge < -0.3 is 14.8 Å². The smallest absolute Gasteiger partial charge is 0.316 e. The van der Waals surface area contributed by atoms with E-state index in [0.717, 1.165) is 29.9 Å². The van der Waals surface area contributed by atoms with E-state index in [-0.39, 0.29) is 0 Å². The Bertz CT molecular complexity index is 669. The summed E-state index contributed by atoms with van der Waals surface area (Å²) >= 11 is 0. The van der Waals surface area contributed by atoms with Crippen LogP contribution in [-0.4, -0.2) is 40.2 Å². The molecule has 0 amide bonds. The zero-order chi connectivity index (χ0) is 16.9. The Morgan fingerprint density at radius 2 is 1.67 bits per heavy atom. The molecule has 1 aliphatic carbocycles. The van der Waals surface area contributed by atoms with Gasteiger partial charge in [0.25, 0.3) is 0 Å². The Hall–Kier alpha value is -2.44. The Kier molecular flexibility index (Phi) is 5.08. The van der Waals surface area contributed by atoms with Crippen LogP contribution in [0.3, 0.4) is 0 Å². The van der Waals surface area contributed by atoms with Crippen LogP contribution in [0, 0.1) is 5.92 Å². The fraction of sp³-hybridized carbons (Fsp3) is 0.529. The number of rotatable bonds is 5. The lowest BCUT2D eigenvalue weighted by atomic mass is 9.87. The number of hydrogen-bond donors (Lipinski definition) is 1. The summed E-state index contributed by atoms with van der Waals surface area (Å²) in [7, 11) is 3.13. The summed E-state index contributed by atoms with van der Waals surface area (Å²) in [4.78, 5) is 17.1. The second kappa shape index (κ2) is 7.42. The summed E-state index contributed by atoms with van der Waals surface area (Å²) in [6.07, 6.45) is 9.88. The van der Waals surface area contributed by atoms with Crippen LogP contribution in [0.15, 0.2) is 18.6 Å².